The minimum absolute atomic E-state index is 0.240. The van der Waals surface area contributed by atoms with Crippen molar-refractivity contribution in [3.05, 3.63) is 23.8 Å². The maximum absolute atomic E-state index is 9.30. The molecule has 0 aliphatic rings. The molecule has 3 heteroatoms. The van der Waals surface area contributed by atoms with Gasteiger partial charge in [-0.25, -0.2) is 0 Å². The second-order valence-corrected chi connectivity index (χ2v) is 2.61. The van der Waals surface area contributed by atoms with E-state index < -0.39 is 12.2 Å². The number of hydrogen-bond acceptors (Lipinski definition) is 3. The molecule has 0 saturated carbocycles. The average Bonchev–Trinajstić information content (AvgIpc) is 2.05. The molecule has 0 saturated heterocycles. The van der Waals surface area contributed by atoms with Crippen LogP contribution in [0.5, 0.6) is 0 Å². The first-order valence-electron chi connectivity index (χ1n) is 3.92. The van der Waals surface area contributed by atoms with Crippen LogP contribution in [0, 0.1) is 0 Å². The fourth-order valence-electron chi connectivity index (χ4n) is 0.774. The molecule has 0 aliphatic carbocycles. The summed E-state index contributed by atoms with van der Waals surface area (Å²) in [6.07, 6.45) is 3.25. The van der Waals surface area contributed by atoms with E-state index in [0.29, 0.717) is 5.57 Å². The van der Waals surface area contributed by atoms with E-state index in [1.165, 1.54) is 6.92 Å². The summed E-state index contributed by atoms with van der Waals surface area (Å²) in [6.45, 7) is 3.07. The Morgan fingerprint density at radius 2 is 2.00 bits per heavy atom. The van der Waals surface area contributed by atoms with Gasteiger partial charge in [0.2, 0.25) is 0 Å². The molecule has 0 rings (SSSR count). The lowest BCUT2D eigenvalue weighted by Gasteiger charge is -2.15. The Labute approximate surface area is 72.7 Å². The van der Waals surface area contributed by atoms with Crippen molar-refractivity contribution in [2.45, 2.75) is 26.1 Å². The van der Waals surface area contributed by atoms with Gasteiger partial charge in [-0.3, -0.25) is 0 Å². The molecule has 3 nitrogen and oxygen atoms in total. The second-order valence-electron chi connectivity index (χ2n) is 2.61. The van der Waals surface area contributed by atoms with Gasteiger partial charge in [-0.2, -0.15) is 0 Å². The van der Waals surface area contributed by atoms with Gasteiger partial charge >= 0.3 is 0 Å². The van der Waals surface area contributed by atoms with Gasteiger partial charge in [0.25, 0.3) is 0 Å². The molecule has 0 heterocycles. The number of allylic oxidation sites excluding steroid dienone is 3. The van der Waals surface area contributed by atoms with Crippen LogP contribution >= 0.6 is 0 Å². The SMILES string of the molecule is CC=CC=C(CO)C(O)C(C)O. The van der Waals surface area contributed by atoms with Crippen LogP contribution in [0.15, 0.2) is 23.8 Å². The maximum Gasteiger partial charge on any atom is 0.103 e. The van der Waals surface area contributed by atoms with Crippen molar-refractivity contribution in [2.24, 2.45) is 0 Å². The lowest BCUT2D eigenvalue weighted by atomic mass is 10.1. The third kappa shape index (κ3) is 3.67. The molecular formula is C9H16O3. The summed E-state index contributed by atoms with van der Waals surface area (Å²) in [4.78, 5) is 0. The maximum atomic E-state index is 9.30. The van der Waals surface area contributed by atoms with Crippen molar-refractivity contribution >= 4 is 0 Å². The Bertz CT molecular complexity index is 171. The van der Waals surface area contributed by atoms with Gasteiger partial charge in [-0.05, 0) is 19.4 Å². The van der Waals surface area contributed by atoms with E-state index in [4.69, 9.17) is 10.2 Å². The van der Waals surface area contributed by atoms with E-state index >= 15 is 0 Å². The minimum atomic E-state index is -0.980. The third-order valence-corrected chi connectivity index (χ3v) is 1.52. The average molecular weight is 172 g/mol. The van der Waals surface area contributed by atoms with E-state index in [9.17, 15) is 5.11 Å². The molecule has 0 bridgehead atoms. The number of aliphatic hydroxyl groups excluding tert-OH is 3. The van der Waals surface area contributed by atoms with Gasteiger partial charge in [0, 0.05) is 0 Å². The Balaban J connectivity index is 4.33. The summed E-state index contributed by atoms with van der Waals surface area (Å²) < 4.78 is 0. The van der Waals surface area contributed by atoms with Crippen LogP contribution in [0.3, 0.4) is 0 Å². The quantitative estimate of drug-likeness (QED) is 0.532. The molecule has 0 fully saturated rings. The van der Waals surface area contributed by atoms with Crippen molar-refractivity contribution < 1.29 is 15.3 Å². The van der Waals surface area contributed by atoms with E-state index in [1.54, 1.807) is 18.2 Å². The Hall–Kier alpha value is -0.640. The zero-order valence-electron chi connectivity index (χ0n) is 7.44. The zero-order valence-corrected chi connectivity index (χ0v) is 7.44. The smallest absolute Gasteiger partial charge is 0.103 e. The molecular weight excluding hydrogens is 156 g/mol. The summed E-state index contributed by atoms with van der Waals surface area (Å²) in [5, 5.41) is 27.1. The van der Waals surface area contributed by atoms with Crippen LogP contribution in [-0.2, 0) is 0 Å². The van der Waals surface area contributed by atoms with Crippen LogP contribution in [0.4, 0.5) is 0 Å². The number of hydrogen-bond donors (Lipinski definition) is 3. The van der Waals surface area contributed by atoms with Gasteiger partial charge in [0.05, 0.1) is 12.7 Å². The highest BCUT2D eigenvalue weighted by Crippen LogP contribution is 2.06. The van der Waals surface area contributed by atoms with E-state index in [1.807, 2.05) is 6.92 Å². The highest BCUT2D eigenvalue weighted by molar-refractivity contribution is 5.17. The van der Waals surface area contributed by atoms with Gasteiger partial charge in [-0.1, -0.05) is 18.2 Å². The first-order valence-corrected chi connectivity index (χ1v) is 3.92. The molecule has 2 atom stereocenters. The Morgan fingerprint density at radius 1 is 1.42 bits per heavy atom. The highest BCUT2D eigenvalue weighted by atomic mass is 16.3. The fourth-order valence-corrected chi connectivity index (χ4v) is 0.774. The van der Waals surface area contributed by atoms with E-state index in [0.717, 1.165) is 0 Å². The first kappa shape index (κ1) is 11.4. The van der Waals surface area contributed by atoms with Crippen molar-refractivity contribution in [1.29, 1.82) is 0 Å². The normalized spacial score (nSPS) is 18.2. The number of aliphatic hydroxyl groups is 3. The third-order valence-electron chi connectivity index (χ3n) is 1.52. The van der Waals surface area contributed by atoms with Crippen LogP contribution in [0.1, 0.15) is 13.8 Å². The molecule has 0 amide bonds. The summed E-state index contributed by atoms with van der Waals surface area (Å²) in [5.41, 5.74) is 0.420. The standard InChI is InChI=1S/C9H16O3/c1-3-4-5-8(6-10)9(12)7(2)11/h3-5,7,9-12H,6H2,1-2H3. The van der Waals surface area contributed by atoms with Crippen LogP contribution < -0.4 is 0 Å². The van der Waals surface area contributed by atoms with Crippen molar-refractivity contribution in [3.8, 4) is 0 Å². The summed E-state index contributed by atoms with van der Waals surface area (Å²) in [7, 11) is 0. The highest BCUT2D eigenvalue weighted by Gasteiger charge is 2.14. The Morgan fingerprint density at radius 3 is 2.33 bits per heavy atom. The van der Waals surface area contributed by atoms with Gasteiger partial charge in [0.1, 0.15) is 6.10 Å². The Kier molecular flexibility index (Phi) is 5.62. The van der Waals surface area contributed by atoms with Crippen LogP contribution in [0.25, 0.3) is 0 Å². The van der Waals surface area contributed by atoms with Gasteiger partial charge in [0.15, 0.2) is 0 Å². The molecule has 12 heavy (non-hydrogen) atoms. The molecule has 0 aromatic rings. The second kappa shape index (κ2) is 5.94. The van der Waals surface area contributed by atoms with Crippen molar-refractivity contribution in [3.63, 3.8) is 0 Å². The predicted octanol–water partition coefficient (Wildman–Crippen LogP) is 0.223. The topological polar surface area (TPSA) is 60.7 Å². The minimum Gasteiger partial charge on any atom is -0.392 e. The largest absolute Gasteiger partial charge is 0.392 e. The van der Waals surface area contributed by atoms with E-state index in [-0.39, 0.29) is 6.61 Å². The van der Waals surface area contributed by atoms with Crippen LogP contribution in [-0.4, -0.2) is 34.1 Å². The predicted molar refractivity (Wildman–Crippen MR) is 47.7 cm³/mol. The molecule has 0 aromatic heterocycles. The van der Waals surface area contributed by atoms with E-state index in [2.05, 4.69) is 0 Å². The molecule has 0 aliphatic heterocycles. The zero-order chi connectivity index (χ0) is 9.56. The van der Waals surface area contributed by atoms with Crippen molar-refractivity contribution in [1.82, 2.24) is 0 Å². The molecule has 3 N–H and O–H groups in total. The molecule has 0 spiro atoms. The lowest BCUT2D eigenvalue weighted by Crippen LogP contribution is -2.26. The monoisotopic (exact) mass is 172 g/mol. The lowest BCUT2D eigenvalue weighted by molar-refractivity contribution is 0.0479. The molecule has 0 radical (unpaired) electrons. The first-order chi connectivity index (χ1) is 5.63. The summed E-state index contributed by atoms with van der Waals surface area (Å²) in [6, 6.07) is 0. The molecule has 0 aromatic carbocycles. The van der Waals surface area contributed by atoms with Gasteiger partial charge < -0.3 is 15.3 Å². The van der Waals surface area contributed by atoms with Crippen molar-refractivity contribution in [2.75, 3.05) is 6.61 Å². The fraction of sp³-hybridized carbons (Fsp3) is 0.556. The number of rotatable bonds is 4. The summed E-state index contributed by atoms with van der Waals surface area (Å²) in [5.74, 6) is 0. The van der Waals surface area contributed by atoms with Gasteiger partial charge in [-0.15, -0.1) is 0 Å². The van der Waals surface area contributed by atoms with Crippen LogP contribution in [0.2, 0.25) is 0 Å². The molecule has 2 unspecified atom stereocenters. The molecule has 70 valence electrons. The summed E-state index contributed by atoms with van der Waals surface area (Å²) >= 11 is 0.